The molecular weight excluding hydrogens is 295 g/mol. The molecule has 1 aromatic carbocycles. The molecule has 1 aromatic rings. The molecule has 108 valence electrons. The van der Waals surface area contributed by atoms with Crippen LogP contribution >= 0.6 is 11.6 Å². The van der Waals surface area contributed by atoms with Crippen molar-refractivity contribution in [2.24, 2.45) is 0 Å². The van der Waals surface area contributed by atoms with E-state index >= 15 is 0 Å². The van der Waals surface area contributed by atoms with Gasteiger partial charge in [0.15, 0.2) is 5.82 Å². The van der Waals surface area contributed by atoms with Gasteiger partial charge in [0.2, 0.25) is 10.0 Å². The van der Waals surface area contributed by atoms with Crippen LogP contribution in [0.15, 0.2) is 17.0 Å². The molecule has 19 heavy (non-hydrogen) atoms. The SMILES string of the molecule is CCC(C)(O)CNS(=O)(=O)c1cc(Cl)cc(N)c1F. The molecule has 0 aliphatic rings. The van der Waals surface area contributed by atoms with E-state index in [1.807, 2.05) is 0 Å². The fourth-order valence-corrected chi connectivity index (χ4v) is 2.82. The highest BCUT2D eigenvalue weighted by atomic mass is 35.5. The molecule has 0 radical (unpaired) electrons. The minimum absolute atomic E-state index is 0.0153. The van der Waals surface area contributed by atoms with Crippen LogP contribution in [0.5, 0.6) is 0 Å². The fourth-order valence-electron chi connectivity index (χ4n) is 1.23. The number of nitrogens with one attached hydrogen (secondary N) is 1. The molecule has 0 saturated carbocycles. The van der Waals surface area contributed by atoms with Gasteiger partial charge in [-0.05, 0) is 25.5 Å². The summed E-state index contributed by atoms with van der Waals surface area (Å²) in [5, 5.41) is 9.76. The molecule has 8 heteroatoms. The maximum Gasteiger partial charge on any atom is 0.243 e. The molecule has 0 fully saturated rings. The van der Waals surface area contributed by atoms with Crippen molar-refractivity contribution < 1.29 is 17.9 Å². The van der Waals surface area contributed by atoms with Crippen molar-refractivity contribution in [3.63, 3.8) is 0 Å². The normalized spacial score (nSPS) is 15.2. The molecule has 0 amide bonds. The highest BCUT2D eigenvalue weighted by molar-refractivity contribution is 7.89. The lowest BCUT2D eigenvalue weighted by Gasteiger charge is -2.21. The first kappa shape index (κ1) is 16.2. The van der Waals surface area contributed by atoms with E-state index < -0.39 is 26.3 Å². The maximum absolute atomic E-state index is 13.7. The van der Waals surface area contributed by atoms with E-state index in [9.17, 15) is 17.9 Å². The van der Waals surface area contributed by atoms with Crippen molar-refractivity contribution in [1.29, 1.82) is 0 Å². The minimum atomic E-state index is -4.13. The van der Waals surface area contributed by atoms with Crippen LogP contribution in [0.1, 0.15) is 20.3 Å². The molecule has 1 rings (SSSR count). The second-order valence-electron chi connectivity index (χ2n) is 4.48. The van der Waals surface area contributed by atoms with Crippen molar-refractivity contribution in [3.8, 4) is 0 Å². The summed E-state index contributed by atoms with van der Waals surface area (Å²) in [4.78, 5) is -0.635. The van der Waals surface area contributed by atoms with E-state index in [1.165, 1.54) is 6.92 Å². The number of hydrogen-bond donors (Lipinski definition) is 3. The van der Waals surface area contributed by atoms with Gasteiger partial charge in [0.1, 0.15) is 4.90 Å². The molecular formula is C11H16ClFN2O3S. The third kappa shape index (κ3) is 4.04. The van der Waals surface area contributed by atoms with Crippen LogP contribution in [-0.4, -0.2) is 25.7 Å². The van der Waals surface area contributed by atoms with Crippen molar-refractivity contribution >= 4 is 27.3 Å². The third-order valence-corrected chi connectivity index (χ3v) is 4.35. The van der Waals surface area contributed by atoms with Crippen LogP contribution in [-0.2, 0) is 10.0 Å². The predicted molar refractivity (Wildman–Crippen MR) is 71.9 cm³/mol. The number of benzene rings is 1. The van der Waals surface area contributed by atoms with E-state index in [0.717, 1.165) is 12.1 Å². The molecule has 0 spiro atoms. The van der Waals surface area contributed by atoms with Gasteiger partial charge < -0.3 is 10.8 Å². The van der Waals surface area contributed by atoms with Crippen LogP contribution in [0.2, 0.25) is 5.02 Å². The van der Waals surface area contributed by atoms with Gasteiger partial charge >= 0.3 is 0 Å². The second-order valence-corrected chi connectivity index (χ2v) is 6.65. The molecule has 0 aliphatic carbocycles. The first-order valence-electron chi connectivity index (χ1n) is 5.55. The summed E-state index contributed by atoms with van der Waals surface area (Å²) in [6.07, 6.45) is 0.343. The Morgan fingerprint density at radius 1 is 1.53 bits per heavy atom. The Hall–Kier alpha value is -0.890. The average Bonchev–Trinajstić information content (AvgIpc) is 2.31. The number of anilines is 1. The second kappa shape index (κ2) is 5.62. The van der Waals surface area contributed by atoms with Crippen molar-refractivity contribution in [2.45, 2.75) is 30.8 Å². The van der Waals surface area contributed by atoms with Crippen LogP contribution < -0.4 is 10.5 Å². The lowest BCUT2D eigenvalue weighted by molar-refractivity contribution is 0.0613. The zero-order valence-electron chi connectivity index (χ0n) is 10.6. The molecule has 4 N–H and O–H groups in total. The lowest BCUT2D eigenvalue weighted by Crippen LogP contribution is -2.40. The first-order valence-corrected chi connectivity index (χ1v) is 7.42. The summed E-state index contributed by atoms with van der Waals surface area (Å²) in [5.74, 6) is -1.06. The van der Waals surface area contributed by atoms with Crippen LogP contribution in [0, 0.1) is 5.82 Å². The van der Waals surface area contributed by atoms with E-state index in [1.54, 1.807) is 6.92 Å². The smallest absolute Gasteiger partial charge is 0.243 e. The van der Waals surface area contributed by atoms with Crippen molar-refractivity contribution in [1.82, 2.24) is 4.72 Å². The van der Waals surface area contributed by atoms with Gasteiger partial charge in [-0.25, -0.2) is 17.5 Å². The minimum Gasteiger partial charge on any atom is -0.396 e. The summed E-state index contributed by atoms with van der Waals surface area (Å²) in [6.45, 7) is 2.93. The summed E-state index contributed by atoms with van der Waals surface area (Å²) < 4.78 is 39.7. The third-order valence-electron chi connectivity index (χ3n) is 2.73. The van der Waals surface area contributed by atoms with Gasteiger partial charge in [-0.1, -0.05) is 18.5 Å². The van der Waals surface area contributed by atoms with Gasteiger partial charge in [0.05, 0.1) is 11.3 Å². The molecule has 0 aliphatic heterocycles. The Balaban J connectivity index is 3.08. The zero-order valence-corrected chi connectivity index (χ0v) is 12.1. The summed E-state index contributed by atoms with van der Waals surface area (Å²) in [5.41, 5.74) is 3.76. The Bertz CT molecular complexity index is 576. The lowest BCUT2D eigenvalue weighted by atomic mass is 10.1. The number of nitrogen functional groups attached to an aromatic ring is 1. The quantitative estimate of drug-likeness (QED) is 0.719. The molecule has 0 bridgehead atoms. The molecule has 0 heterocycles. The predicted octanol–water partition coefficient (Wildman–Crippen LogP) is 1.50. The Kier molecular flexibility index (Phi) is 4.78. The van der Waals surface area contributed by atoms with Gasteiger partial charge in [0, 0.05) is 11.6 Å². The van der Waals surface area contributed by atoms with Crippen LogP contribution in [0.4, 0.5) is 10.1 Å². The average molecular weight is 311 g/mol. The standard InChI is InChI=1S/C11H16ClFN2O3S/c1-3-11(2,16)6-15-19(17,18)9-5-7(12)4-8(14)10(9)13/h4-5,15-16H,3,6,14H2,1-2H3. The molecule has 1 atom stereocenters. The van der Waals surface area contributed by atoms with Gasteiger partial charge in [-0.3, -0.25) is 0 Å². The van der Waals surface area contributed by atoms with Crippen molar-refractivity contribution in [3.05, 3.63) is 23.0 Å². The number of hydrogen-bond acceptors (Lipinski definition) is 4. The zero-order chi connectivity index (χ0) is 14.8. The molecule has 5 nitrogen and oxygen atoms in total. The monoisotopic (exact) mass is 310 g/mol. The van der Waals surface area contributed by atoms with Gasteiger partial charge in [-0.15, -0.1) is 0 Å². The molecule has 0 aromatic heterocycles. The van der Waals surface area contributed by atoms with Crippen molar-refractivity contribution in [2.75, 3.05) is 12.3 Å². The molecule has 0 saturated heterocycles. The first-order chi connectivity index (χ1) is 8.59. The summed E-state index contributed by atoms with van der Waals surface area (Å²) >= 11 is 5.66. The van der Waals surface area contributed by atoms with E-state index in [-0.39, 0.29) is 17.3 Å². The van der Waals surface area contributed by atoms with Crippen LogP contribution in [0.3, 0.4) is 0 Å². The number of rotatable bonds is 5. The fraction of sp³-hybridized carbons (Fsp3) is 0.455. The summed E-state index contributed by atoms with van der Waals surface area (Å²) in [6, 6.07) is 2.09. The highest BCUT2D eigenvalue weighted by Gasteiger charge is 2.25. The van der Waals surface area contributed by atoms with E-state index in [4.69, 9.17) is 17.3 Å². The number of sulfonamides is 1. The topological polar surface area (TPSA) is 92.4 Å². The largest absolute Gasteiger partial charge is 0.396 e. The highest BCUT2D eigenvalue weighted by Crippen LogP contribution is 2.25. The summed E-state index contributed by atoms with van der Waals surface area (Å²) in [7, 11) is -4.13. The Morgan fingerprint density at radius 2 is 2.11 bits per heavy atom. The van der Waals surface area contributed by atoms with Crippen LogP contribution in [0.25, 0.3) is 0 Å². The number of halogens is 2. The van der Waals surface area contributed by atoms with E-state index in [2.05, 4.69) is 4.72 Å². The number of nitrogens with two attached hydrogens (primary N) is 1. The molecule has 1 unspecified atom stereocenters. The Morgan fingerprint density at radius 3 is 2.63 bits per heavy atom. The maximum atomic E-state index is 13.7. The van der Waals surface area contributed by atoms with E-state index in [0.29, 0.717) is 6.42 Å². The van der Waals surface area contributed by atoms with Gasteiger partial charge in [-0.2, -0.15) is 0 Å². The van der Waals surface area contributed by atoms with Gasteiger partial charge in [0.25, 0.3) is 0 Å². The number of aliphatic hydroxyl groups is 1. The Labute approximate surface area is 116 Å².